The third-order valence-corrected chi connectivity index (χ3v) is 5.68. The number of aromatic nitrogens is 2. The van der Waals surface area contributed by atoms with E-state index in [1.807, 2.05) is 27.7 Å². The van der Waals surface area contributed by atoms with Crippen molar-refractivity contribution in [3.05, 3.63) is 47.3 Å². The number of halogens is 3. The van der Waals surface area contributed by atoms with Gasteiger partial charge in [0, 0.05) is 12.1 Å². The smallest absolute Gasteiger partial charge is 0.368 e. The maximum Gasteiger partial charge on any atom is 0.416 e. The molecule has 1 unspecified atom stereocenters. The maximum atomic E-state index is 12.9. The quantitative estimate of drug-likeness (QED) is 0.659. The van der Waals surface area contributed by atoms with E-state index >= 15 is 0 Å². The zero-order valence-corrected chi connectivity index (χ0v) is 18.8. The van der Waals surface area contributed by atoms with Crippen LogP contribution in [-0.4, -0.2) is 28.5 Å². The Morgan fingerprint density at radius 2 is 1.88 bits per heavy atom. The number of nitrogens with one attached hydrogen (secondary N) is 1. The van der Waals surface area contributed by atoms with E-state index in [1.165, 1.54) is 18.5 Å². The van der Waals surface area contributed by atoms with Gasteiger partial charge in [0.05, 0.1) is 11.6 Å². The Bertz CT molecular complexity index is 954. The molecule has 2 atom stereocenters. The molecule has 174 valence electrons. The van der Waals surface area contributed by atoms with Crippen LogP contribution in [0.5, 0.6) is 0 Å². The number of rotatable bonds is 6. The lowest BCUT2D eigenvalue weighted by Crippen LogP contribution is -2.39. The molecule has 1 aliphatic heterocycles. The van der Waals surface area contributed by atoms with Crippen molar-refractivity contribution in [3.63, 3.8) is 0 Å². The highest BCUT2D eigenvalue weighted by Gasteiger charge is 2.33. The molecular weight excluding hydrogens is 419 g/mol. The number of benzene rings is 1. The second-order valence-electron chi connectivity index (χ2n) is 9.51. The lowest BCUT2D eigenvalue weighted by Gasteiger charge is -2.29. The van der Waals surface area contributed by atoms with E-state index in [0.717, 1.165) is 42.6 Å². The average Bonchev–Trinajstić information content (AvgIpc) is 3.17. The number of primary amides is 1. The highest BCUT2D eigenvalue weighted by molar-refractivity contribution is 5.83. The number of nitrogens with zero attached hydrogens (tertiary/aromatic N) is 3. The number of nitrogens with two attached hydrogens (primary N) is 1. The van der Waals surface area contributed by atoms with E-state index in [-0.39, 0.29) is 11.5 Å². The molecule has 0 radical (unpaired) electrons. The minimum absolute atomic E-state index is 0.0831. The molecule has 0 bridgehead atoms. The SMILES string of the molecule is Cc1c(N[C@H](CC(C)(C)C)C(N)=O)ncnc1N1CCCC1c1ccc(C(F)(F)F)cc1. The van der Waals surface area contributed by atoms with Crippen molar-refractivity contribution in [2.75, 3.05) is 16.8 Å². The van der Waals surface area contributed by atoms with Crippen LogP contribution in [0.15, 0.2) is 30.6 Å². The van der Waals surface area contributed by atoms with Crippen molar-refractivity contribution in [3.8, 4) is 0 Å². The van der Waals surface area contributed by atoms with Crippen molar-refractivity contribution >= 4 is 17.5 Å². The van der Waals surface area contributed by atoms with Gasteiger partial charge in [-0.3, -0.25) is 4.79 Å². The van der Waals surface area contributed by atoms with Crippen LogP contribution in [0.2, 0.25) is 0 Å². The zero-order chi connectivity index (χ0) is 23.7. The summed E-state index contributed by atoms with van der Waals surface area (Å²) in [5.41, 5.74) is 6.42. The van der Waals surface area contributed by atoms with Crippen LogP contribution in [0, 0.1) is 12.3 Å². The van der Waals surface area contributed by atoms with Gasteiger partial charge in [-0.15, -0.1) is 0 Å². The van der Waals surface area contributed by atoms with Gasteiger partial charge in [-0.05, 0) is 49.3 Å². The molecule has 1 aromatic carbocycles. The van der Waals surface area contributed by atoms with Gasteiger partial charge in [-0.25, -0.2) is 9.97 Å². The molecule has 1 fully saturated rings. The molecule has 32 heavy (non-hydrogen) atoms. The Morgan fingerprint density at radius 3 is 2.44 bits per heavy atom. The lowest BCUT2D eigenvalue weighted by molar-refractivity contribution is -0.137. The summed E-state index contributed by atoms with van der Waals surface area (Å²) >= 11 is 0. The fourth-order valence-electron chi connectivity index (χ4n) is 4.14. The molecule has 1 aromatic heterocycles. The molecule has 1 amide bonds. The molecule has 1 aliphatic rings. The normalized spacial score (nSPS) is 18.0. The third kappa shape index (κ3) is 5.49. The van der Waals surface area contributed by atoms with Gasteiger partial charge in [0.25, 0.3) is 0 Å². The van der Waals surface area contributed by atoms with Crippen LogP contribution in [0.4, 0.5) is 24.8 Å². The Labute approximate surface area is 186 Å². The highest BCUT2D eigenvalue weighted by Crippen LogP contribution is 2.39. The Hall–Kier alpha value is -2.84. The number of hydrogen-bond acceptors (Lipinski definition) is 5. The molecule has 6 nitrogen and oxygen atoms in total. The van der Waals surface area contributed by atoms with Gasteiger partial charge in [-0.1, -0.05) is 32.9 Å². The van der Waals surface area contributed by atoms with E-state index in [2.05, 4.69) is 20.2 Å². The van der Waals surface area contributed by atoms with Crippen molar-refractivity contribution in [2.24, 2.45) is 11.1 Å². The van der Waals surface area contributed by atoms with Gasteiger partial charge in [-0.2, -0.15) is 13.2 Å². The Kier molecular flexibility index (Phi) is 6.67. The second-order valence-corrected chi connectivity index (χ2v) is 9.51. The van der Waals surface area contributed by atoms with Crippen molar-refractivity contribution in [1.29, 1.82) is 0 Å². The lowest BCUT2D eigenvalue weighted by atomic mass is 9.88. The number of carbonyl (C=O) groups is 1. The molecule has 2 aromatic rings. The van der Waals surface area contributed by atoms with Crippen LogP contribution in [0.1, 0.15) is 62.8 Å². The average molecular weight is 450 g/mol. The summed E-state index contributed by atoms with van der Waals surface area (Å²) in [5, 5.41) is 3.17. The van der Waals surface area contributed by atoms with Gasteiger partial charge >= 0.3 is 6.18 Å². The molecule has 1 saturated heterocycles. The van der Waals surface area contributed by atoms with E-state index < -0.39 is 23.7 Å². The maximum absolute atomic E-state index is 12.9. The minimum Gasteiger partial charge on any atom is -0.368 e. The summed E-state index contributed by atoms with van der Waals surface area (Å²) in [6.45, 7) is 8.68. The summed E-state index contributed by atoms with van der Waals surface area (Å²) in [7, 11) is 0. The first-order valence-electron chi connectivity index (χ1n) is 10.7. The summed E-state index contributed by atoms with van der Waals surface area (Å²) in [4.78, 5) is 22.9. The number of alkyl halides is 3. The predicted molar refractivity (Wildman–Crippen MR) is 118 cm³/mol. The van der Waals surface area contributed by atoms with Gasteiger partial charge in [0.2, 0.25) is 5.91 Å². The van der Waals surface area contributed by atoms with Crippen LogP contribution >= 0.6 is 0 Å². The third-order valence-electron chi connectivity index (χ3n) is 5.68. The minimum atomic E-state index is -4.36. The first-order chi connectivity index (χ1) is 14.9. The van der Waals surface area contributed by atoms with Crippen molar-refractivity contribution in [2.45, 2.75) is 65.2 Å². The number of hydrogen-bond donors (Lipinski definition) is 2. The number of anilines is 2. The first-order valence-corrected chi connectivity index (χ1v) is 10.7. The molecule has 0 aliphatic carbocycles. The largest absolute Gasteiger partial charge is 0.416 e. The van der Waals surface area contributed by atoms with E-state index in [0.29, 0.717) is 18.1 Å². The summed E-state index contributed by atoms with van der Waals surface area (Å²) in [5.74, 6) is 0.772. The van der Waals surface area contributed by atoms with E-state index in [4.69, 9.17) is 5.73 Å². The van der Waals surface area contributed by atoms with Crippen LogP contribution in [0.3, 0.4) is 0 Å². The molecule has 9 heteroatoms. The summed E-state index contributed by atoms with van der Waals surface area (Å²) in [6, 6.07) is 4.65. The number of carbonyl (C=O) groups excluding carboxylic acids is 1. The van der Waals surface area contributed by atoms with Crippen LogP contribution < -0.4 is 16.0 Å². The Balaban J connectivity index is 1.87. The first kappa shape index (κ1) is 23.8. The molecule has 0 spiro atoms. The van der Waals surface area contributed by atoms with Crippen molar-refractivity contribution in [1.82, 2.24) is 9.97 Å². The molecule has 3 rings (SSSR count). The summed E-state index contributed by atoms with van der Waals surface area (Å²) in [6.07, 6.45) is -0.681. The number of amides is 1. The molecule has 3 N–H and O–H groups in total. The van der Waals surface area contributed by atoms with Crippen LogP contribution in [-0.2, 0) is 11.0 Å². The van der Waals surface area contributed by atoms with Gasteiger partial charge in [0.1, 0.15) is 24.0 Å². The van der Waals surface area contributed by atoms with Gasteiger partial charge < -0.3 is 16.0 Å². The van der Waals surface area contributed by atoms with Crippen molar-refractivity contribution < 1.29 is 18.0 Å². The molecular formula is C23H30F3N5O. The fraction of sp³-hybridized carbons (Fsp3) is 0.522. The van der Waals surface area contributed by atoms with Gasteiger partial charge in [0.15, 0.2) is 0 Å². The van der Waals surface area contributed by atoms with Crippen LogP contribution in [0.25, 0.3) is 0 Å². The monoisotopic (exact) mass is 449 g/mol. The predicted octanol–water partition coefficient (Wildman–Crippen LogP) is 4.85. The fourth-order valence-corrected chi connectivity index (χ4v) is 4.14. The van der Waals surface area contributed by atoms with E-state index in [9.17, 15) is 18.0 Å². The topological polar surface area (TPSA) is 84.1 Å². The standard InChI is InChI=1S/C23H30F3N5O/c1-14-20(30-17(19(27)32)12-22(2,3)4)28-13-29-21(14)31-11-5-6-18(31)15-7-9-16(10-8-15)23(24,25)26/h7-10,13,17-18H,5-6,11-12H2,1-4H3,(H2,27,32)(H,28,29,30)/t17-,18?/m1/s1. The Morgan fingerprint density at radius 1 is 1.22 bits per heavy atom. The highest BCUT2D eigenvalue weighted by atomic mass is 19.4. The summed E-state index contributed by atoms with van der Waals surface area (Å²) < 4.78 is 38.8. The second kappa shape index (κ2) is 8.96. The molecule has 2 heterocycles. The molecule has 0 saturated carbocycles. The van der Waals surface area contributed by atoms with E-state index in [1.54, 1.807) is 0 Å². The zero-order valence-electron chi connectivity index (χ0n) is 18.8.